The number of hydrogen-bond acceptors (Lipinski definition) is 6. The lowest BCUT2D eigenvalue weighted by Gasteiger charge is -2.10. The first-order valence-electron chi connectivity index (χ1n) is 7.53. The fraction of sp³-hybridized carbons (Fsp3) is 0.222. The zero-order chi connectivity index (χ0) is 17.2. The summed E-state index contributed by atoms with van der Waals surface area (Å²) in [7, 11) is 1.54. The zero-order valence-corrected chi connectivity index (χ0v) is 13.7. The van der Waals surface area contributed by atoms with E-state index in [0.29, 0.717) is 18.1 Å². The molecular weight excluding hydrogens is 308 g/mol. The number of rotatable bonds is 8. The van der Waals surface area contributed by atoms with E-state index in [1.807, 2.05) is 36.4 Å². The molecule has 0 heterocycles. The molecule has 0 bridgehead atoms. The highest BCUT2D eigenvalue weighted by Crippen LogP contribution is 2.27. The Bertz CT molecular complexity index is 687. The molecule has 0 aliphatic heterocycles. The minimum Gasteiger partial charge on any atom is -0.493 e. The third-order valence-corrected chi connectivity index (χ3v) is 3.02. The van der Waals surface area contributed by atoms with Crippen molar-refractivity contribution in [2.75, 3.05) is 25.7 Å². The summed E-state index contributed by atoms with van der Waals surface area (Å²) in [4.78, 5) is 11.3. The van der Waals surface area contributed by atoms with Gasteiger partial charge in [0.05, 0.1) is 25.6 Å². The van der Waals surface area contributed by atoms with E-state index in [0.717, 1.165) is 11.3 Å². The normalized spacial score (nSPS) is 10.4. The van der Waals surface area contributed by atoms with Gasteiger partial charge in [0.1, 0.15) is 0 Å². The Morgan fingerprint density at radius 3 is 2.67 bits per heavy atom. The molecule has 2 aromatic carbocycles. The third-order valence-electron chi connectivity index (χ3n) is 3.02. The van der Waals surface area contributed by atoms with Crippen LogP contribution < -0.4 is 14.9 Å². The predicted octanol–water partition coefficient (Wildman–Crippen LogP) is 3.08. The second kappa shape index (κ2) is 9.19. The largest absolute Gasteiger partial charge is 0.493 e. The number of carbonyl (C=O) groups excluding carboxylic acids is 1. The maximum absolute atomic E-state index is 11.3. The van der Waals surface area contributed by atoms with E-state index in [1.54, 1.807) is 25.3 Å². The lowest BCUT2D eigenvalue weighted by Crippen LogP contribution is -2.14. The van der Waals surface area contributed by atoms with Gasteiger partial charge in [-0.1, -0.05) is 18.2 Å². The van der Waals surface area contributed by atoms with Gasteiger partial charge in [0.2, 0.25) is 0 Å². The van der Waals surface area contributed by atoms with E-state index in [4.69, 9.17) is 14.2 Å². The second-order valence-corrected chi connectivity index (χ2v) is 4.74. The van der Waals surface area contributed by atoms with Crippen LogP contribution in [0.3, 0.4) is 0 Å². The highest BCUT2D eigenvalue weighted by molar-refractivity contribution is 5.81. The van der Waals surface area contributed by atoms with Crippen LogP contribution in [0.25, 0.3) is 0 Å². The van der Waals surface area contributed by atoms with Crippen LogP contribution in [-0.2, 0) is 9.53 Å². The Morgan fingerprint density at radius 2 is 1.96 bits per heavy atom. The number of nitrogens with one attached hydrogen (secondary N) is 1. The fourth-order valence-electron chi connectivity index (χ4n) is 1.92. The predicted molar refractivity (Wildman–Crippen MR) is 92.8 cm³/mol. The minimum atomic E-state index is -0.419. The number of hydrogen-bond donors (Lipinski definition) is 1. The molecule has 6 nitrogen and oxygen atoms in total. The number of ether oxygens (including phenoxy) is 3. The van der Waals surface area contributed by atoms with Gasteiger partial charge in [-0.25, -0.2) is 4.79 Å². The van der Waals surface area contributed by atoms with Gasteiger partial charge in [-0.3, -0.25) is 5.43 Å². The lowest BCUT2D eigenvalue weighted by molar-refractivity contribution is -0.145. The van der Waals surface area contributed by atoms with Crippen molar-refractivity contribution in [3.8, 4) is 11.5 Å². The molecule has 0 unspecified atom stereocenters. The van der Waals surface area contributed by atoms with Crippen molar-refractivity contribution in [2.45, 2.75) is 6.92 Å². The third kappa shape index (κ3) is 5.31. The maximum Gasteiger partial charge on any atom is 0.344 e. The van der Waals surface area contributed by atoms with Crippen LogP contribution in [0, 0.1) is 0 Å². The van der Waals surface area contributed by atoms with Gasteiger partial charge >= 0.3 is 5.97 Å². The van der Waals surface area contributed by atoms with Crippen LogP contribution in [-0.4, -0.2) is 32.5 Å². The van der Waals surface area contributed by atoms with Gasteiger partial charge in [-0.2, -0.15) is 5.10 Å². The van der Waals surface area contributed by atoms with E-state index in [-0.39, 0.29) is 6.61 Å². The number of nitrogens with zero attached hydrogens (tertiary/aromatic N) is 1. The summed E-state index contributed by atoms with van der Waals surface area (Å²) in [6.45, 7) is 1.91. The number of carbonyl (C=O) groups is 1. The van der Waals surface area contributed by atoms with Gasteiger partial charge in [0.25, 0.3) is 0 Å². The van der Waals surface area contributed by atoms with Crippen molar-refractivity contribution < 1.29 is 19.0 Å². The van der Waals surface area contributed by atoms with Gasteiger partial charge < -0.3 is 14.2 Å². The smallest absolute Gasteiger partial charge is 0.344 e. The molecule has 2 rings (SSSR count). The Kier molecular flexibility index (Phi) is 6.64. The van der Waals surface area contributed by atoms with E-state index in [2.05, 4.69) is 10.5 Å². The topological polar surface area (TPSA) is 69.2 Å². The highest BCUT2D eigenvalue weighted by Gasteiger charge is 2.08. The molecule has 0 radical (unpaired) electrons. The summed E-state index contributed by atoms with van der Waals surface area (Å²) >= 11 is 0. The molecule has 0 aliphatic carbocycles. The molecule has 126 valence electrons. The first-order chi connectivity index (χ1) is 11.7. The second-order valence-electron chi connectivity index (χ2n) is 4.74. The lowest BCUT2D eigenvalue weighted by atomic mass is 10.2. The van der Waals surface area contributed by atoms with Crippen molar-refractivity contribution in [1.29, 1.82) is 0 Å². The highest BCUT2D eigenvalue weighted by atomic mass is 16.6. The van der Waals surface area contributed by atoms with Crippen LogP contribution in [0.4, 0.5) is 5.69 Å². The van der Waals surface area contributed by atoms with Gasteiger partial charge in [-0.05, 0) is 42.8 Å². The van der Waals surface area contributed by atoms with Gasteiger partial charge in [0.15, 0.2) is 18.1 Å². The number of para-hydroxylation sites is 1. The first kappa shape index (κ1) is 17.3. The average Bonchev–Trinajstić information content (AvgIpc) is 2.61. The molecule has 1 N–H and O–H groups in total. The molecule has 2 aromatic rings. The van der Waals surface area contributed by atoms with E-state index >= 15 is 0 Å². The van der Waals surface area contributed by atoms with Crippen molar-refractivity contribution in [3.05, 3.63) is 54.1 Å². The number of methoxy groups -OCH3 is 1. The molecule has 0 aromatic heterocycles. The maximum atomic E-state index is 11.3. The first-order valence-corrected chi connectivity index (χ1v) is 7.53. The van der Waals surface area contributed by atoms with Gasteiger partial charge in [-0.15, -0.1) is 0 Å². The summed E-state index contributed by atoms with van der Waals surface area (Å²) in [6, 6.07) is 15.0. The quantitative estimate of drug-likeness (QED) is 0.458. The van der Waals surface area contributed by atoms with Gasteiger partial charge in [0, 0.05) is 0 Å². The molecule has 0 atom stereocenters. The number of esters is 1. The summed E-state index contributed by atoms with van der Waals surface area (Å²) in [6.07, 6.45) is 1.67. The van der Waals surface area contributed by atoms with E-state index in [9.17, 15) is 4.79 Å². The standard InChI is InChI=1S/C18H20N2O4/c1-3-23-18(21)13-24-16-10-9-14(11-17(16)22-2)12-19-20-15-7-5-4-6-8-15/h4-12,20H,3,13H2,1-2H3. The van der Waals surface area contributed by atoms with Crippen molar-refractivity contribution in [1.82, 2.24) is 0 Å². The summed E-state index contributed by atoms with van der Waals surface area (Å²) in [5.74, 6) is 0.568. The Labute approximate surface area is 141 Å². The van der Waals surface area contributed by atoms with E-state index < -0.39 is 5.97 Å². The SMILES string of the molecule is CCOC(=O)COc1ccc(C=NNc2ccccc2)cc1OC. The van der Waals surface area contributed by atoms with Crippen LogP contribution in [0.5, 0.6) is 11.5 Å². The van der Waals surface area contributed by atoms with Crippen LogP contribution >= 0.6 is 0 Å². The summed E-state index contributed by atoms with van der Waals surface area (Å²) < 4.78 is 15.5. The Balaban J connectivity index is 1.98. The molecule has 0 spiro atoms. The molecule has 0 saturated heterocycles. The van der Waals surface area contributed by atoms with Crippen LogP contribution in [0.15, 0.2) is 53.6 Å². The molecule has 0 amide bonds. The number of anilines is 1. The molecular formula is C18H20N2O4. The van der Waals surface area contributed by atoms with Crippen LogP contribution in [0.2, 0.25) is 0 Å². The number of hydrazone groups is 1. The Hall–Kier alpha value is -3.02. The van der Waals surface area contributed by atoms with Crippen LogP contribution in [0.1, 0.15) is 12.5 Å². The molecule has 6 heteroatoms. The summed E-state index contributed by atoms with van der Waals surface area (Å²) in [5.41, 5.74) is 4.67. The molecule has 24 heavy (non-hydrogen) atoms. The minimum absolute atomic E-state index is 0.160. The summed E-state index contributed by atoms with van der Waals surface area (Å²) in [5, 5.41) is 4.17. The van der Waals surface area contributed by atoms with Crippen molar-refractivity contribution >= 4 is 17.9 Å². The zero-order valence-electron chi connectivity index (χ0n) is 13.7. The van der Waals surface area contributed by atoms with E-state index in [1.165, 1.54) is 7.11 Å². The molecule has 0 saturated carbocycles. The average molecular weight is 328 g/mol. The monoisotopic (exact) mass is 328 g/mol. The Morgan fingerprint density at radius 1 is 1.17 bits per heavy atom. The van der Waals surface area contributed by atoms with Crippen molar-refractivity contribution in [3.63, 3.8) is 0 Å². The molecule has 0 fully saturated rings. The number of benzene rings is 2. The molecule has 0 aliphatic rings. The fourth-order valence-corrected chi connectivity index (χ4v) is 1.92. The van der Waals surface area contributed by atoms with Crippen molar-refractivity contribution in [2.24, 2.45) is 5.10 Å².